The lowest BCUT2D eigenvalue weighted by Crippen LogP contribution is -2.14. The number of anilines is 1. The van der Waals surface area contributed by atoms with Crippen molar-refractivity contribution in [3.05, 3.63) is 0 Å². The fourth-order valence-corrected chi connectivity index (χ4v) is 2.45. The molecule has 8 heteroatoms. The molecule has 2 heterocycles. The van der Waals surface area contributed by atoms with E-state index in [1.807, 2.05) is 11.5 Å². The number of aryl methyl sites for hydroxylation is 1. The van der Waals surface area contributed by atoms with Crippen LogP contribution in [0.15, 0.2) is 0 Å². The maximum absolute atomic E-state index is 6.02. The molecule has 0 aliphatic rings. The van der Waals surface area contributed by atoms with Crippen LogP contribution in [-0.4, -0.2) is 39.3 Å². The van der Waals surface area contributed by atoms with E-state index in [1.165, 1.54) is 0 Å². The molecular formula is C15H26N6O2. The van der Waals surface area contributed by atoms with Gasteiger partial charge in [-0.25, -0.2) is 0 Å². The summed E-state index contributed by atoms with van der Waals surface area (Å²) in [6.45, 7) is 5.45. The van der Waals surface area contributed by atoms with E-state index in [1.54, 1.807) is 7.11 Å². The number of nitrogen functional groups attached to an aromatic ring is 1. The van der Waals surface area contributed by atoms with Gasteiger partial charge in [-0.2, -0.15) is 15.0 Å². The minimum atomic E-state index is 0.0346. The lowest BCUT2D eigenvalue weighted by molar-refractivity contribution is 0.193. The van der Waals surface area contributed by atoms with Crippen molar-refractivity contribution in [1.82, 2.24) is 19.5 Å². The van der Waals surface area contributed by atoms with Crippen LogP contribution in [-0.2, 0) is 6.54 Å². The van der Waals surface area contributed by atoms with E-state index in [-0.39, 0.29) is 12.1 Å². The smallest absolute Gasteiger partial charge is 0.320 e. The number of imidazole rings is 1. The van der Waals surface area contributed by atoms with E-state index in [0.717, 1.165) is 25.7 Å². The Kier molecular flexibility index (Phi) is 5.97. The summed E-state index contributed by atoms with van der Waals surface area (Å²) in [6, 6.07) is 0.746. The zero-order chi connectivity index (χ0) is 16.8. The van der Waals surface area contributed by atoms with Crippen LogP contribution < -0.4 is 20.9 Å². The molecule has 0 bridgehead atoms. The Morgan fingerprint density at radius 2 is 2.00 bits per heavy atom. The van der Waals surface area contributed by atoms with Gasteiger partial charge < -0.3 is 20.9 Å². The number of rotatable bonds is 9. The molecule has 2 aromatic rings. The highest BCUT2D eigenvalue weighted by Gasteiger charge is 2.18. The van der Waals surface area contributed by atoms with Crippen molar-refractivity contribution in [2.24, 2.45) is 5.73 Å². The predicted octanol–water partition coefficient (Wildman–Crippen LogP) is 1.72. The Morgan fingerprint density at radius 1 is 1.22 bits per heavy atom. The van der Waals surface area contributed by atoms with Gasteiger partial charge in [0, 0.05) is 6.54 Å². The maximum atomic E-state index is 6.02. The van der Waals surface area contributed by atoms with Crippen molar-refractivity contribution in [2.45, 2.75) is 52.2 Å². The van der Waals surface area contributed by atoms with Gasteiger partial charge in [-0.15, -0.1) is 0 Å². The number of ether oxygens (including phenoxy) is 2. The summed E-state index contributed by atoms with van der Waals surface area (Å²) in [6.07, 6.45) is 3.82. The monoisotopic (exact) mass is 322 g/mol. The topological polar surface area (TPSA) is 114 Å². The fourth-order valence-electron chi connectivity index (χ4n) is 2.45. The van der Waals surface area contributed by atoms with Gasteiger partial charge in [-0.05, 0) is 32.7 Å². The van der Waals surface area contributed by atoms with Crippen LogP contribution in [0.1, 0.15) is 39.5 Å². The first-order valence-electron chi connectivity index (χ1n) is 8.05. The molecule has 0 aliphatic carbocycles. The Bertz CT molecular complexity index is 642. The van der Waals surface area contributed by atoms with E-state index in [0.29, 0.717) is 36.1 Å². The number of hydrogen-bond acceptors (Lipinski definition) is 7. The molecule has 2 rings (SSSR count). The number of nitrogens with two attached hydrogens (primary N) is 2. The minimum absolute atomic E-state index is 0.0346. The Balaban J connectivity index is 2.36. The summed E-state index contributed by atoms with van der Waals surface area (Å²) in [7, 11) is 1.57. The Morgan fingerprint density at radius 3 is 2.65 bits per heavy atom. The highest BCUT2D eigenvalue weighted by Crippen LogP contribution is 2.26. The van der Waals surface area contributed by atoms with E-state index in [4.69, 9.17) is 20.9 Å². The number of fused-ring (bicyclic) bond motifs is 1. The molecule has 0 saturated heterocycles. The van der Waals surface area contributed by atoms with Crippen LogP contribution in [0, 0.1) is 0 Å². The zero-order valence-electron chi connectivity index (χ0n) is 14.1. The van der Waals surface area contributed by atoms with Gasteiger partial charge in [0.2, 0.25) is 0 Å². The van der Waals surface area contributed by atoms with Crippen molar-refractivity contribution < 1.29 is 9.47 Å². The van der Waals surface area contributed by atoms with Crippen molar-refractivity contribution >= 4 is 17.0 Å². The standard InChI is InChI=1S/C15H26N6O2/c1-4-7-10(2)23-14-19-12(17)11-13(20-14)21(9-6-5-8-16)15(18-11)22-3/h10H,4-9,16H2,1-3H3,(H2,17,19,20)/t10-/m0/s1. The number of aromatic nitrogens is 4. The van der Waals surface area contributed by atoms with E-state index < -0.39 is 0 Å². The summed E-state index contributed by atoms with van der Waals surface area (Å²) < 4.78 is 13.0. The van der Waals surface area contributed by atoms with E-state index in [9.17, 15) is 0 Å². The summed E-state index contributed by atoms with van der Waals surface area (Å²) in [4.78, 5) is 13.1. The Hall–Kier alpha value is -2.09. The first-order chi connectivity index (χ1) is 11.1. The molecule has 1 atom stereocenters. The van der Waals surface area contributed by atoms with Gasteiger partial charge in [0.1, 0.15) is 0 Å². The van der Waals surface area contributed by atoms with Crippen molar-refractivity contribution in [2.75, 3.05) is 19.4 Å². The Labute approximate surface area is 136 Å². The third kappa shape index (κ3) is 4.01. The third-order valence-corrected chi connectivity index (χ3v) is 3.59. The van der Waals surface area contributed by atoms with Gasteiger partial charge in [-0.3, -0.25) is 4.57 Å². The van der Waals surface area contributed by atoms with Crippen LogP contribution in [0.5, 0.6) is 12.0 Å². The summed E-state index contributed by atoms with van der Waals surface area (Å²) in [5, 5.41) is 0. The normalized spacial score (nSPS) is 12.5. The maximum Gasteiger partial charge on any atom is 0.320 e. The molecule has 8 nitrogen and oxygen atoms in total. The lowest BCUT2D eigenvalue weighted by Gasteiger charge is -2.12. The molecule has 0 spiro atoms. The second-order valence-electron chi connectivity index (χ2n) is 5.53. The van der Waals surface area contributed by atoms with E-state index >= 15 is 0 Å². The van der Waals surface area contributed by atoms with Gasteiger partial charge in [0.05, 0.1) is 13.2 Å². The van der Waals surface area contributed by atoms with Gasteiger partial charge in [0.15, 0.2) is 17.0 Å². The third-order valence-electron chi connectivity index (χ3n) is 3.59. The van der Waals surface area contributed by atoms with Crippen LogP contribution in [0.3, 0.4) is 0 Å². The van der Waals surface area contributed by atoms with Crippen LogP contribution >= 0.6 is 0 Å². The highest BCUT2D eigenvalue weighted by atomic mass is 16.5. The van der Waals surface area contributed by atoms with E-state index in [2.05, 4.69) is 21.9 Å². The number of nitrogens with zero attached hydrogens (tertiary/aromatic N) is 4. The van der Waals surface area contributed by atoms with Gasteiger partial charge >= 0.3 is 6.01 Å². The average Bonchev–Trinajstić information content (AvgIpc) is 2.86. The molecule has 0 aromatic carbocycles. The fraction of sp³-hybridized carbons (Fsp3) is 0.667. The molecule has 0 unspecified atom stereocenters. The first-order valence-corrected chi connectivity index (χ1v) is 8.05. The predicted molar refractivity (Wildman–Crippen MR) is 89.6 cm³/mol. The molecule has 23 heavy (non-hydrogen) atoms. The molecule has 128 valence electrons. The van der Waals surface area contributed by atoms with Gasteiger partial charge in [-0.1, -0.05) is 13.3 Å². The summed E-state index contributed by atoms with van der Waals surface area (Å²) >= 11 is 0. The molecular weight excluding hydrogens is 296 g/mol. The SMILES string of the molecule is CCC[C@H](C)Oc1nc(N)c2nc(OC)n(CCCCN)c2n1. The molecule has 0 amide bonds. The minimum Gasteiger partial charge on any atom is -0.468 e. The highest BCUT2D eigenvalue weighted by molar-refractivity contribution is 5.83. The molecule has 0 fully saturated rings. The molecule has 4 N–H and O–H groups in total. The second-order valence-corrected chi connectivity index (χ2v) is 5.53. The second kappa shape index (κ2) is 7.96. The summed E-state index contributed by atoms with van der Waals surface area (Å²) in [5.41, 5.74) is 12.7. The van der Waals surface area contributed by atoms with Crippen LogP contribution in [0.25, 0.3) is 11.2 Å². The number of methoxy groups -OCH3 is 1. The lowest BCUT2D eigenvalue weighted by atomic mass is 10.2. The molecule has 0 radical (unpaired) electrons. The van der Waals surface area contributed by atoms with Crippen LogP contribution in [0.2, 0.25) is 0 Å². The van der Waals surface area contributed by atoms with Gasteiger partial charge in [0.25, 0.3) is 6.01 Å². The average molecular weight is 322 g/mol. The molecule has 0 aliphatic heterocycles. The summed E-state index contributed by atoms with van der Waals surface area (Å²) in [5.74, 6) is 0.296. The zero-order valence-corrected chi connectivity index (χ0v) is 14.1. The quantitative estimate of drug-likeness (QED) is 0.675. The molecule has 2 aromatic heterocycles. The number of hydrogen-bond donors (Lipinski definition) is 2. The number of unbranched alkanes of at least 4 members (excludes halogenated alkanes) is 1. The first kappa shape index (κ1) is 17.3. The molecule has 0 saturated carbocycles. The largest absolute Gasteiger partial charge is 0.468 e. The van der Waals surface area contributed by atoms with Crippen molar-refractivity contribution in [3.63, 3.8) is 0 Å². The van der Waals surface area contributed by atoms with Crippen LogP contribution in [0.4, 0.5) is 5.82 Å². The van der Waals surface area contributed by atoms with Crippen molar-refractivity contribution in [1.29, 1.82) is 0 Å². The van der Waals surface area contributed by atoms with Crippen molar-refractivity contribution in [3.8, 4) is 12.0 Å².